The minimum Gasteiger partial charge on any atom is -0.481 e. The summed E-state index contributed by atoms with van der Waals surface area (Å²) in [5.41, 5.74) is 2.06. The molecule has 1 unspecified atom stereocenters. The molecule has 0 bridgehead atoms. The number of carbonyl (C=O) groups is 1. The van der Waals surface area contributed by atoms with E-state index in [0.29, 0.717) is 24.7 Å². The lowest BCUT2D eigenvalue weighted by molar-refractivity contribution is -0.365. The molecule has 0 aromatic carbocycles. The fourth-order valence-corrected chi connectivity index (χ4v) is 12.3. The summed E-state index contributed by atoms with van der Waals surface area (Å²) in [6.07, 6.45) is -2.59. The van der Waals surface area contributed by atoms with Crippen LogP contribution in [-0.4, -0.2) is 116 Å². The second-order valence-corrected chi connectivity index (χ2v) is 18.6. The molecule has 0 aromatic rings. The molecule has 12 nitrogen and oxygen atoms in total. The molecule has 0 aromatic heterocycles. The van der Waals surface area contributed by atoms with Crippen LogP contribution < -0.4 is 0 Å². The van der Waals surface area contributed by atoms with Gasteiger partial charge in [0.2, 0.25) is 0 Å². The smallest absolute Gasteiger partial charge is 0.314 e. The van der Waals surface area contributed by atoms with Crippen LogP contribution in [0.4, 0.5) is 0 Å². The third-order valence-corrected chi connectivity index (χ3v) is 15.3. The molecule has 4 fully saturated rings. The highest BCUT2D eigenvalue weighted by molar-refractivity contribution is 5.82. The lowest BCUT2D eigenvalue weighted by atomic mass is 9.43. The first-order valence-electron chi connectivity index (χ1n) is 20.0. The number of fused-ring (bicyclic) bond motifs is 4. The number of ether oxygens (including phenoxy) is 4. The Morgan fingerprint density at radius 2 is 1.60 bits per heavy atom. The Hall–Kier alpha value is -1.45. The lowest BCUT2D eigenvalue weighted by Gasteiger charge is -2.62. The third kappa shape index (κ3) is 6.68. The maximum Gasteiger partial charge on any atom is 0.314 e. The summed E-state index contributed by atoms with van der Waals surface area (Å²) in [5, 5.41) is 73.7. The number of allylic oxidation sites excluding steroid dienone is 3. The van der Waals surface area contributed by atoms with Crippen LogP contribution >= 0.6 is 0 Å². The van der Waals surface area contributed by atoms with Gasteiger partial charge in [-0.3, -0.25) is 4.79 Å². The van der Waals surface area contributed by atoms with E-state index in [1.807, 2.05) is 0 Å². The Morgan fingerprint density at radius 3 is 2.26 bits per heavy atom. The van der Waals surface area contributed by atoms with Crippen molar-refractivity contribution in [2.24, 2.45) is 39.4 Å². The van der Waals surface area contributed by atoms with Crippen LogP contribution in [0.2, 0.25) is 0 Å². The molecule has 0 radical (unpaired) electrons. The topological polar surface area (TPSA) is 196 Å². The van der Waals surface area contributed by atoms with Crippen LogP contribution in [0.5, 0.6) is 0 Å². The van der Waals surface area contributed by atoms with Crippen molar-refractivity contribution >= 4 is 5.97 Å². The van der Waals surface area contributed by atoms with Gasteiger partial charge in [-0.15, -0.1) is 0 Å². The number of aliphatic hydroxyl groups is 6. The standard InChI is InChI=1S/C41H66O12/c1-21(2)9-8-10-22(3)23-14-18-41(37(48)49)25-11-12-28-38(4,5)29(15-16-39(28,6)24(25)13-17-40(23,41)7)52-36-34(30(44)26(43)20-50-36)53-35-33(47)32(46)31(45)27(19-42)51-35/h9,22-23,26-36,42-47H,8,10-20H2,1-7H3,(H,48,49)/t22-,23-,26+,27-,28?,29+,30+,31+,32+,33-,34-,35+,36+,39-,40-,41+/m1/s1. The van der Waals surface area contributed by atoms with Crippen molar-refractivity contribution < 1.29 is 59.5 Å². The van der Waals surface area contributed by atoms with E-state index in [-0.39, 0.29) is 29.5 Å². The first kappa shape index (κ1) is 41.2. The average molecular weight is 751 g/mol. The van der Waals surface area contributed by atoms with Crippen LogP contribution in [0.25, 0.3) is 0 Å². The summed E-state index contributed by atoms with van der Waals surface area (Å²) >= 11 is 0. The Kier molecular flexibility index (Phi) is 11.8. The molecule has 53 heavy (non-hydrogen) atoms. The molecule has 0 amide bonds. The fraction of sp³-hybridized carbons (Fsp3) is 0.878. The number of aliphatic carboxylic acids is 1. The molecule has 2 heterocycles. The number of carboxylic acids is 1. The predicted molar refractivity (Wildman–Crippen MR) is 194 cm³/mol. The molecule has 302 valence electrons. The van der Waals surface area contributed by atoms with E-state index in [1.54, 1.807) is 0 Å². The van der Waals surface area contributed by atoms with E-state index in [2.05, 4.69) is 54.5 Å². The number of rotatable bonds is 10. The summed E-state index contributed by atoms with van der Waals surface area (Å²) in [6.45, 7) is 14.7. The van der Waals surface area contributed by atoms with Crippen molar-refractivity contribution in [1.82, 2.24) is 0 Å². The summed E-state index contributed by atoms with van der Waals surface area (Å²) in [7, 11) is 0. The van der Waals surface area contributed by atoms with Crippen molar-refractivity contribution in [1.29, 1.82) is 0 Å². The van der Waals surface area contributed by atoms with E-state index < -0.39 is 78.7 Å². The largest absolute Gasteiger partial charge is 0.481 e. The zero-order valence-electron chi connectivity index (χ0n) is 32.7. The van der Waals surface area contributed by atoms with Gasteiger partial charge < -0.3 is 54.7 Å². The molecule has 4 aliphatic carbocycles. The molecule has 16 atom stereocenters. The van der Waals surface area contributed by atoms with Crippen molar-refractivity contribution in [3.63, 3.8) is 0 Å². The van der Waals surface area contributed by atoms with Crippen LogP contribution in [-0.2, 0) is 23.7 Å². The van der Waals surface area contributed by atoms with Crippen LogP contribution in [0, 0.1) is 39.4 Å². The minimum atomic E-state index is -1.71. The zero-order valence-corrected chi connectivity index (χ0v) is 32.7. The monoisotopic (exact) mass is 750 g/mol. The van der Waals surface area contributed by atoms with Gasteiger partial charge in [-0.2, -0.15) is 0 Å². The fourth-order valence-electron chi connectivity index (χ4n) is 12.3. The summed E-state index contributed by atoms with van der Waals surface area (Å²) in [5.74, 6) is 0.302. The number of hydrogen-bond acceptors (Lipinski definition) is 11. The minimum absolute atomic E-state index is 0.173. The van der Waals surface area contributed by atoms with E-state index in [1.165, 1.54) is 16.7 Å². The lowest BCUT2D eigenvalue weighted by Crippen LogP contribution is -2.64. The van der Waals surface area contributed by atoms with Crippen molar-refractivity contribution in [3.05, 3.63) is 22.8 Å². The molecule has 6 aliphatic rings. The van der Waals surface area contributed by atoms with E-state index in [9.17, 15) is 40.5 Å². The molecule has 7 N–H and O–H groups in total. The molecule has 2 aliphatic heterocycles. The SMILES string of the molecule is CC(C)=CCC[C@@H](C)[C@H]1CC[C@@]2(C(=O)O)C3=C(CC[C@]12C)[C@@]1(C)CC[C@H](O[C@@H]2OC[C@H](O)[C@H](O)[C@H]2O[C@@H]2O[C@H](CO)[C@H](O)[C@H](O)[C@H]2O)C(C)(C)C1CC3. The van der Waals surface area contributed by atoms with E-state index >= 15 is 0 Å². The highest BCUT2D eigenvalue weighted by Gasteiger charge is 2.68. The van der Waals surface area contributed by atoms with Gasteiger partial charge in [0.1, 0.15) is 42.7 Å². The second-order valence-electron chi connectivity index (χ2n) is 18.6. The van der Waals surface area contributed by atoms with Crippen LogP contribution in [0.15, 0.2) is 22.8 Å². The van der Waals surface area contributed by atoms with Gasteiger partial charge in [-0.1, -0.05) is 57.4 Å². The highest BCUT2D eigenvalue weighted by Crippen LogP contribution is 2.73. The quantitative estimate of drug-likeness (QED) is 0.160. The van der Waals surface area contributed by atoms with Crippen LogP contribution in [0.1, 0.15) is 113 Å². The summed E-state index contributed by atoms with van der Waals surface area (Å²) < 4.78 is 24.1. The van der Waals surface area contributed by atoms with Gasteiger partial charge in [0, 0.05) is 0 Å². The molecule has 6 rings (SSSR count). The predicted octanol–water partition coefficient (Wildman–Crippen LogP) is 3.83. The number of carboxylic acid groups (broad SMARTS) is 1. The summed E-state index contributed by atoms with van der Waals surface area (Å²) in [6, 6.07) is 0. The molecular formula is C41H66O12. The maximum absolute atomic E-state index is 13.7. The Labute approximate surface area is 314 Å². The van der Waals surface area contributed by atoms with Crippen molar-refractivity contribution in [3.8, 4) is 0 Å². The third-order valence-electron chi connectivity index (χ3n) is 15.3. The zero-order chi connectivity index (χ0) is 38.8. The first-order chi connectivity index (χ1) is 24.8. The normalized spacial score (nSPS) is 47.3. The molecule has 12 heteroatoms. The van der Waals surface area contributed by atoms with E-state index in [4.69, 9.17) is 18.9 Å². The Bertz CT molecular complexity index is 1410. The van der Waals surface area contributed by atoms with Gasteiger partial charge in [-0.25, -0.2) is 0 Å². The van der Waals surface area contributed by atoms with E-state index in [0.717, 1.165) is 51.4 Å². The van der Waals surface area contributed by atoms with Crippen LogP contribution in [0.3, 0.4) is 0 Å². The Balaban J connectivity index is 1.23. The number of hydrogen-bond donors (Lipinski definition) is 7. The Morgan fingerprint density at radius 1 is 0.887 bits per heavy atom. The molecule has 0 spiro atoms. The average Bonchev–Trinajstić information content (AvgIpc) is 3.43. The molecule has 2 saturated heterocycles. The summed E-state index contributed by atoms with van der Waals surface area (Å²) in [4.78, 5) is 13.7. The maximum atomic E-state index is 13.7. The van der Waals surface area contributed by atoms with Crippen molar-refractivity contribution in [2.75, 3.05) is 13.2 Å². The van der Waals surface area contributed by atoms with Crippen molar-refractivity contribution in [2.45, 2.75) is 174 Å². The van der Waals surface area contributed by atoms with Gasteiger partial charge in [0.05, 0.1) is 24.7 Å². The molecule has 2 saturated carbocycles. The van der Waals surface area contributed by atoms with Gasteiger partial charge >= 0.3 is 5.97 Å². The second kappa shape index (κ2) is 15.1. The van der Waals surface area contributed by atoms with Gasteiger partial charge in [0.15, 0.2) is 12.6 Å². The molecular weight excluding hydrogens is 684 g/mol. The number of aliphatic hydroxyl groups excluding tert-OH is 6. The van der Waals surface area contributed by atoms with Gasteiger partial charge in [-0.05, 0) is 112 Å². The highest BCUT2D eigenvalue weighted by atomic mass is 16.8. The first-order valence-corrected chi connectivity index (χ1v) is 20.0. The van der Waals surface area contributed by atoms with Gasteiger partial charge in [0.25, 0.3) is 0 Å².